The third kappa shape index (κ3) is 3.96. The van der Waals surface area contributed by atoms with Crippen molar-refractivity contribution in [2.24, 2.45) is 0 Å². The zero-order valence-corrected chi connectivity index (χ0v) is 13.4. The zero-order chi connectivity index (χ0) is 15.2. The first kappa shape index (κ1) is 15.8. The molecule has 0 fully saturated rings. The minimum Gasteiger partial charge on any atom is -0.493 e. The van der Waals surface area contributed by atoms with Crippen molar-refractivity contribution < 1.29 is 14.2 Å². The average Bonchev–Trinajstić information content (AvgIpc) is 2.52. The first-order valence-corrected chi connectivity index (χ1v) is 7.27. The van der Waals surface area contributed by atoms with E-state index in [1.807, 2.05) is 36.4 Å². The number of hydrogen-bond donors (Lipinski definition) is 0. The van der Waals surface area contributed by atoms with Crippen molar-refractivity contribution in [2.45, 2.75) is 12.5 Å². The molecule has 2 rings (SSSR count). The second kappa shape index (κ2) is 7.43. The Kier molecular flexibility index (Phi) is 5.59. The van der Waals surface area contributed by atoms with Gasteiger partial charge in [-0.1, -0.05) is 23.7 Å². The standard InChI is InChI=1S/C16H16Cl2O3/c1-19-14-7-12(9-17)8-15(20-2)16(14)21-10-11-4-3-5-13(18)6-11/h3-8H,9-10H2,1-2H3. The lowest BCUT2D eigenvalue weighted by molar-refractivity contribution is 0.265. The molecule has 0 amide bonds. The van der Waals surface area contributed by atoms with Crippen molar-refractivity contribution in [2.75, 3.05) is 14.2 Å². The Balaban J connectivity index is 2.26. The molecular weight excluding hydrogens is 311 g/mol. The van der Waals surface area contributed by atoms with Crippen LogP contribution in [0.3, 0.4) is 0 Å². The van der Waals surface area contributed by atoms with E-state index in [1.54, 1.807) is 14.2 Å². The minimum atomic E-state index is 0.369. The first-order valence-electron chi connectivity index (χ1n) is 6.36. The second-order valence-electron chi connectivity index (χ2n) is 4.38. The largest absolute Gasteiger partial charge is 0.493 e. The fourth-order valence-corrected chi connectivity index (χ4v) is 2.30. The molecule has 0 aromatic heterocycles. The molecule has 0 atom stereocenters. The quantitative estimate of drug-likeness (QED) is 0.721. The molecule has 0 aliphatic rings. The van der Waals surface area contributed by atoms with Gasteiger partial charge >= 0.3 is 0 Å². The first-order chi connectivity index (χ1) is 10.2. The van der Waals surface area contributed by atoms with E-state index in [4.69, 9.17) is 37.4 Å². The van der Waals surface area contributed by atoms with Gasteiger partial charge in [0, 0.05) is 10.9 Å². The fourth-order valence-electron chi connectivity index (χ4n) is 1.94. The molecule has 0 radical (unpaired) electrons. The molecule has 0 spiro atoms. The van der Waals surface area contributed by atoms with Gasteiger partial charge in [0.05, 0.1) is 14.2 Å². The summed E-state index contributed by atoms with van der Waals surface area (Å²) in [4.78, 5) is 0. The Labute approximate surface area is 134 Å². The summed E-state index contributed by atoms with van der Waals surface area (Å²) in [6.45, 7) is 0.369. The summed E-state index contributed by atoms with van der Waals surface area (Å²) in [5.41, 5.74) is 1.87. The molecule has 0 aliphatic carbocycles. The van der Waals surface area contributed by atoms with Gasteiger partial charge in [0.25, 0.3) is 0 Å². The summed E-state index contributed by atoms with van der Waals surface area (Å²) in [6.07, 6.45) is 0. The van der Waals surface area contributed by atoms with E-state index in [-0.39, 0.29) is 0 Å². The number of alkyl halides is 1. The van der Waals surface area contributed by atoms with Crippen LogP contribution < -0.4 is 14.2 Å². The lowest BCUT2D eigenvalue weighted by Crippen LogP contribution is -2.01. The third-order valence-electron chi connectivity index (χ3n) is 2.95. The molecule has 0 heterocycles. The third-order valence-corrected chi connectivity index (χ3v) is 3.49. The lowest BCUT2D eigenvalue weighted by Gasteiger charge is -2.15. The van der Waals surface area contributed by atoms with Crippen LogP contribution in [-0.4, -0.2) is 14.2 Å². The molecule has 3 nitrogen and oxygen atoms in total. The highest BCUT2D eigenvalue weighted by molar-refractivity contribution is 6.30. The monoisotopic (exact) mass is 326 g/mol. The Morgan fingerprint density at radius 3 is 2.14 bits per heavy atom. The summed E-state index contributed by atoms with van der Waals surface area (Å²) in [5.74, 6) is 2.11. The van der Waals surface area contributed by atoms with Crippen LogP contribution in [0.15, 0.2) is 36.4 Å². The smallest absolute Gasteiger partial charge is 0.203 e. The van der Waals surface area contributed by atoms with Crippen molar-refractivity contribution in [3.05, 3.63) is 52.5 Å². The molecule has 0 aliphatic heterocycles. The molecule has 5 heteroatoms. The summed E-state index contributed by atoms with van der Waals surface area (Å²) in [7, 11) is 3.16. The van der Waals surface area contributed by atoms with Gasteiger partial charge in [0.2, 0.25) is 5.75 Å². The molecule has 0 unspecified atom stereocenters. The predicted octanol–water partition coefficient (Wildman–Crippen LogP) is 4.68. The van der Waals surface area contributed by atoms with E-state index < -0.39 is 0 Å². The average molecular weight is 327 g/mol. The van der Waals surface area contributed by atoms with Crippen LogP contribution in [0.2, 0.25) is 5.02 Å². The van der Waals surface area contributed by atoms with Crippen LogP contribution in [-0.2, 0) is 12.5 Å². The maximum absolute atomic E-state index is 5.96. The highest BCUT2D eigenvalue weighted by atomic mass is 35.5. The normalized spacial score (nSPS) is 10.3. The highest BCUT2D eigenvalue weighted by Gasteiger charge is 2.14. The SMILES string of the molecule is COc1cc(CCl)cc(OC)c1OCc1cccc(Cl)c1. The summed E-state index contributed by atoms with van der Waals surface area (Å²) < 4.78 is 16.5. The summed E-state index contributed by atoms with van der Waals surface area (Å²) >= 11 is 11.8. The number of halogens is 2. The maximum atomic E-state index is 5.96. The molecule has 2 aromatic rings. The number of rotatable bonds is 6. The van der Waals surface area contributed by atoms with Crippen molar-refractivity contribution in [3.63, 3.8) is 0 Å². The van der Waals surface area contributed by atoms with Gasteiger partial charge in [-0.2, -0.15) is 0 Å². The Morgan fingerprint density at radius 2 is 1.62 bits per heavy atom. The lowest BCUT2D eigenvalue weighted by atomic mass is 10.2. The van der Waals surface area contributed by atoms with Gasteiger partial charge in [-0.25, -0.2) is 0 Å². The van der Waals surface area contributed by atoms with Gasteiger partial charge < -0.3 is 14.2 Å². The molecule has 21 heavy (non-hydrogen) atoms. The molecule has 0 bridgehead atoms. The van der Waals surface area contributed by atoms with Crippen molar-refractivity contribution in [3.8, 4) is 17.2 Å². The van der Waals surface area contributed by atoms with E-state index in [0.29, 0.717) is 34.8 Å². The van der Waals surface area contributed by atoms with E-state index in [1.165, 1.54) is 0 Å². The van der Waals surface area contributed by atoms with E-state index in [2.05, 4.69) is 0 Å². The van der Waals surface area contributed by atoms with Gasteiger partial charge in [0.15, 0.2) is 11.5 Å². The molecule has 112 valence electrons. The number of benzene rings is 2. The summed E-state index contributed by atoms with van der Waals surface area (Å²) in [6, 6.07) is 11.2. The van der Waals surface area contributed by atoms with Crippen LogP contribution in [0, 0.1) is 0 Å². The Hall–Kier alpha value is -1.58. The maximum Gasteiger partial charge on any atom is 0.203 e. The van der Waals surface area contributed by atoms with Crippen LogP contribution in [0.1, 0.15) is 11.1 Å². The number of hydrogen-bond acceptors (Lipinski definition) is 3. The Bertz CT molecular complexity index is 589. The zero-order valence-electron chi connectivity index (χ0n) is 11.9. The molecular formula is C16H16Cl2O3. The molecule has 0 N–H and O–H groups in total. The van der Waals surface area contributed by atoms with Gasteiger partial charge in [-0.3, -0.25) is 0 Å². The number of methoxy groups -OCH3 is 2. The van der Waals surface area contributed by atoms with E-state index >= 15 is 0 Å². The minimum absolute atomic E-state index is 0.369. The Morgan fingerprint density at radius 1 is 0.952 bits per heavy atom. The van der Waals surface area contributed by atoms with Crippen LogP contribution in [0.4, 0.5) is 0 Å². The van der Waals surface area contributed by atoms with Crippen molar-refractivity contribution in [1.29, 1.82) is 0 Å². The summed E-state index contributed by atoms with van der Waals surface area (Å²) in [5, 5.41) is 0.674. The van der Waals surface area contributed by atoms with E-state index in [9.17, 15) is 0 Å². The van der Waals surface area contributed by atoms with Gasteiger partial charge in [-0.15, -0.1) is 11.6 Å². The van der Waals surface area contributed by atoms with E-state index in [0.717, 1.165) is 11.1 Å². The van der Waals surface area contributed by atoms with Crippen molar-refractivity contribution in [1.82, 2.24) is 0 Å². The van der Waals surface area contributed by atoms with Gasteiger partial charge in [0.1, 0.15) is 6.61 Å². The van der Waals surface area contributed by atoms with Gasteiger partial charge in [-0.05, 0) is 35.4 Å². The van der Waals surface area contributed by atoms with Crippen LogP contribution in [0.5, 0.6) is 17.2 Å². The predicted molar refractivity (Wildman–Crippen MR) is 84.9 cm³/mol. The van der Waals surface area contributed by atoms with Crippen LogP contribution in [0.25, 0.3) is 0 Å². The van der Waals surface area contributed by atoms with Crippen LogP contribution >= 0.6 is 23.2 Å². The second-order valence-corrected chi connectivity index (χ2v) is 5.09. The molecule has 0 saturated carbocycles. The highest BCUT2D eigenvalue weighted by Crippen LogP contribution is 2.39. The fraction of sp³-hybridized carbons (Fsp3) is 0.250. The number of ether oxygens (including phenoxy) is 3. The molecule has 0 saturated heterocycles. The molecule has 2 aromatic carbocycles. The van der Waals surface area contributed by atoms with Crippen molar-refractivity contribution >= 4 is 23.2 Å². The topological polar surface area (TPSA) is 27.7 Å².